The lowest BCUT2D eigenvalue weighted by Crippen LogP contribution is -2.29. The van der Waals surface area contributed by atoms with Gasteiger partial charge in [0.15, 0.2) is 0 Å². The summed E-state index contributed by atoms with van der Waals surface area (Å²) in [4.78, 5) is 4.21. The molecule has 72 valence electrons. The summed E-state index contributed by atoms with van der Waals surface area (Å²) in [6, 6.07) is 4.50. The van der Waals surface area contributed by atoms with Gasteiger partial charge in [-0.25, -0.2) is 4.98 Å². The van der Waals surface area contributed by atoms with Crippen molar-refractivity contribution < 1.29 is 0 Å². The van der Waals surface area contributed by atoms with Gasteiger partial charge in [0.25, 0.3) is 0 Å². The summed E-state index contributed by atoms with van der Waals surface area (Å²) in [5.74, 6) is 0.946. The Morgan fingerprint density at radius 2 is 2.31 bits per heavy atom. The van der Waals surface area contributed by atoms with Crippen LogP contribution in [0.2, 0.25) is 0 Å². The van der Waals surface area contributed by atoms with Crippen LogP contribution in [-0.4, -0.2) is 24.6 Å². The quantitative estimate of drug-likeness (QED) is 0.733. The smallest absolute Gasteiger partial charge is 0.126 e. The molecule has 0 saturated carbocycles. The highest BCUT2D eigenvalue weighted by atomic mass is 15.0. The van der Waals surface area contributed by atoms with Crippen molar-refractivity contribution in [1.29, 1.82) is 0 Å². The van der Waals surface area contributed by atoms with Crippen LogP contribution in [0.1, 0.15) is 12.5 Å². The SMILES string of the molecule is CNC(C)CNc1cc(C)ccn1. The van der Waals surface area contributed by atoms with Crippen LogP contribution in [0.5, 0.6) is 0 Å². The molecular formula is C10H17N3. The molecule has 0 aliphatic rings. The summed E-state index contributed by atoms with van der Waals surface area (Å²) in [6.07, 6.45) is 1.82. The molecule has 0 amide bonds. The molecule has 2 N–H and O–H groups in total. The molecule has 0 saturated heterocycles. The molecule has 1 unspecified atom stereocenters. The molecule has 0 aliphatic heterocycles. The number of hydrogen-bond donors (Lipinski definition) is 2. The highest BCUT2D eigenvalue weighted by Gasteiger charge is 1.97. The number of nitrogens with one attached hydrogen (secondary N) is 2. The molecule has 3 nitrogen and oxygen atoms in total. The van der Waals surface area contributed by atoms with Gasteiger partial charge in [-0.2, -0.15) is 0 Å². The Bertz CT molecular complexity index is 260. The molecule has 1 aromatic heterocycles. The number of rotatable bonds is 4. The van der Waals surface area contributed by atoms with E-state index in [1.807, 2.05) is 25.4 Å². The first-order chi connectivity index (χ1) is 6.22. The van der Waals surface area contributed by atoms with E-state index in [0.29, 0.717) is 6.04 Å². The van der Waals surface area contributed by atoms with Crippen LogP contribution in [0.15, 0.2) is 18.3 Å². The maximum atomic E-state index is 4.21. The molecule has 1 rings (SSSR count). The van der Waals surface area contributed by atoms with Gasteiger partial charge in [0, 0.05) is 18.8 Å². The Kier molecular flexibility index (Phi) is 3.71. The third-order valence-electron chi connectivity index (χ3n) is 2.00. The van der Waals surface area contributed by atoms with Crippen LogP contribution in [0.4, 0.5) is 5.82 Å². The minimum atomic E-state index is 0.460. The molecule has 0 aliphatic carbocycles. The molecule has 1 heterocycles. The summed E-state index contributed by atoms with van der Waals surface area (Å²) < 4.78 is 0. The average molecular weight is 179 g/mol. The maximum Gasteiger partial charge on any atom is 0.126 e. The largest absolute Gasteiger partial charge is 0.369 e. The fourth-order valence-corrected chi connectivity index (χ4v) is 0.993. The van der Waals surface area contributed by atoms with Crippen molar-refractivity contribution in [2.24, 2.45) is 0 Å². The molecule has 0 spiro atoms. The zero-order chi connectivity index (χ0) is 9.68. The topological polar surface area (TPSA) is 37.0 Å². The monoisotopic (exact) mass is 179 g/mol. The number of anilines is 1. The van der Waals surface area contributed by atoms with Gasteiger partial charge in [-0.1, -0.05) is 0 Å². The minimum absolute atomic E-state index is 0.460. The van der Waals surface area contributed by atoms with Crippen LogP contribution in [0.25, 0.3) is 0 Å². The zero-order valence-corrected chi connectivity index (χ0v) is 8.46. The number of pyridine rings is 1. The highest BCUT2D eigenvalue weighted by Crippen LogP contribution is 2.04. The number of nitrogens with zero attached hydrogens (tertiary/aromatic N) is 1. The second-order valence-corrected chi connectivity index (χ2v) is 3.29. The number of aromatic nitrogens is 1. The standard InChI is InChI=1S/C10H17N3/c1-8-4-5-12-10(6-8)13-7-9(2)11-3/h4-6,9,11H,7H2,1-3H3,(H,12,13). The Morgan fingerprint density at radius 1 is 1.54 bits per heavy atom. The number of hydrogen-bond acceptors (Lipinski definition) is 3. The van der Waals surface area contributed by atoms with Gasteiger partial charge in [0.05, 0.1) is 0 Å². The van der Waals surface area contributed by atoms with Crippen molar-refractivity contribution in [3.8, 4) is 0 Å². The van der Waals surface area contributed by atoms with Crippen LogP contribution in [-0.2, 0) is 0 Å². The number of likely N-dealkylation sites (N-methyl/N-ethyl adjacent to an activating group) is 1. The average Bonchev–Trinajstić information content (AvgIpc) is 2.14. The fourth-order valence-electron chi connectivity index (χ4n) is 0.993. The van der Waals surface area contributed by atoms with Crippen LogP contribution >= 0.6 is 0 Å². The van der Waals surface area contributed by atoms with Crippen LogP contribution in [0, 0.1) is 6.92 Å². The first-order valence-corrected chi connectivity index (χ1v) is 4.56. The lowest BCUT2D eigenvalue weighted by atomic mass is 10.3. The van der Waals surface area contributed by atoms with E-state index in [1.165, 1.54) is 5.56 Å². The lowest BCUT2D eigenvalue weighted by Gasteiger charge is -2.11. The van der Waals surface area contributed by atoms with Gasteiger partial charge in [-0.15, -0.1) is 0 Å². The zero-order valence-electron chi connectivity index (χ0n) is 8.46. The minimum Gasteiger partial charge on any atom is -0.369 e. The van der Waals surface area contributed by atoms with Crippen molar-refractivity contribution >= 4 is 5.82 Å². The molecule has 0 aromatic carbocycles. The Balaban J connectivity index is 2.45. The Hall–Kier alpha value is -1.09. The van der Waals surface area contributed by atoms with Crippen molar-refractivity contribution in [1.82, 2.24) is 10.3 Å². The van der Waals surface area contributed by atoms with Crippen LogP contribution in [0.3, 0.4) is 0 Å². The summed E-state index contributed by atoms with van der Waals surface area (Å²) in [6.45, 7) is 5.09. The maximum absolute atomic E-state index is 4.21. The first-order valence-electron chi connectivity index (χ1n) is 4.56. The first kappa shape index (κ1) is 9.99. The molecule has 0 radical (unpaired) electrons. The second-order valence-electron chi connectivity index (χ2n) is 3.29. The molecular weight excluding hydrogens is 162 g/mol. The molecule has 0 fully saturated rings. The van der Waals surface area contributed by atoms with Gasteiger partial charge in [0.2, 0.25) is 0 Å². The number of aryl methyl sites for hydroxylation is 1. The normalized spacial score (nSPS) is 12.5. The van der Waals surface area contributed by atoms with E-state index in [-0.39, 0.29) is 0 Å². The molecule has 13 heavy (non-hydrogen) atoms. The van der Waals surface area contributed by atoms with Gasteiger partial charge in [-0.05, 0) is 38.6 Å². The summed E-state index contributed by atoms with van der Waals surface area (Å²) in [7, 11) is 1.95. The van der Waals surface area contributed by atoms with E-state index < -0.39 is 0 Å². The van der Waals surface area contributed by atoms with Gasteiger partial charge in [-0.3, -0.25) is 0 Å². The molecule has 1 atom stereocenters. The van der Waals surface area contributed by atoms with E-state index in [2.05, 4.69) is 29.5 Å². The highest BCUT2D eigenvalue weighted by molar-refractivity contribution is 5.36. The van der Waals surface area contributed by atoms with Crippen molar-refractivity contribution in [2.75, 3.05) is 18.9 Å². The molecule has 0 bridgehead atoms. The predicted molar refractivity (Wildman–Crippen MR) is 56.0 cm³/mol. The van der Waals surface area contributed by atoms with E-state index in [9.17, 15) is 0 Å². The summed E-state index contributed by atoms with van der Waals surface area (Å²) in [5.41, 5.74) is 1.23. The van der Waals surface area contributed by atoms with Gasteiger partial charge >= 0.3 is 0 Å². The predicted octanol–water partition coefficient (Wildman–Crippen LogP) is 1.41. The van der Waals surface area contributed by atoms with Crippen molar-refractivity contribution in [2.45, 2.75) is 19.9 Å². The van der Waals surface area contributed by atoms with E-state index in [0.717, 1.165) is 12.4 Å². The third kappa shape index (κ3) is 3.42. The Morgan fingerprint density at radius 3 is 2.92 bits per heavy atom. The fraction of sp³-hybridized carbons (Fsp3) is 0.500. The van der Waals surface area contributed by atoms with Gasteiger partial charge < -0.3 is 10.6 Å². The third-order valence-corrected chi connectivity index (χ3v) is 2.00. The lowest BCUT2D eigenvalue weighted by molar-refractivity contribution is 0.637. The van der Waals surface area contributed by atoms with Crippen molar-refractivity contribution in [3.05, 3.63) is 23.9 Å². The van der Waals surface area contributed by atoms with E-state index in [1.54, 1.807) is 0 Å². The van der Waals surface area contributed by atoms with E-state index in [4.69, 9.17) is 0 Å². The van der Waals surface area contributed by atoms with Gasteiger partial charge in [0.1, 0.15) is 5.82 Å². The Labute approximate surface area is 79.6 Å². The molecule has 3 heteroatoms. The van der Waals surface area contributed by atoms with E-state index >= 15 is 0 Å². The summed E-state index contributed by atoms with van der Waals surface area (Å²) >= 11 is 0. The summed E-state index contributed by atoms with van der Waals surface area (Å²) in [5, 5.41) is 6.42. The second kappa shape index (κ2) is 4.82. The molecule has 1 aromatic rings. The van der Waals surface area contributed by atoms with Crippen molar-refractivity contribution in [3.63, 3.8) is 0 Å². The van der Waals surface area contributed by atoms with Crippen LogP contribution < -0.4 is 10.6 Å².